The van der Waals surface area contributed by atoms with E-state index in [1.165, 1.54) is 0 Å². The second-order valence-corrected chi connectivity index (χ2v) is 4.50. The van der Waals surface area contributed by atoms with Crippen LogP contribution in [0.1, 0.15) is 29.6 Å². The Kier molecular flexibility index (Phi) is 3.50. The summed E-state index contributed by atoms with van der Waals surface area (Å²) in [5.41, 5.74) is 6.59. The molecule has 1 saturated heterocycles. The highest BCUT2D eigenvalue weighted by Crippen LogP contribution is 2.27. The fourth-order valence-corrected chi connectivity index (χ4v) is 2.41. The predicted molar refractivity (Wildman–Crippen MR) is 67.6 cm³/mol. The number of rotatable bonds is 4. The van der Waals surface area contributed by atoms with E-state index < -0.39 is 11.9 Å². The Hall–Kier alpha value is -2.04. The van der Waals surface area contributed by atoms with E-state index in [4.69, 9.17) is 10.8 Å². The minimum Gasteiger partial charge on any atom is -0.481 e. The van der Waals surface area contributed by atoms with Gasteiger partial charge in [-0.25, -0.2) is 0 Å². The van der Waals surface area contributed by atoms with E-state index in [1.54, 1.807) is 12.1 Å². The zero-order chi connectivity index (χ0) is 13.1. The van der Waals surface area contributed by atoms with Crippen LogP contribution in [0.4, 0.5) is 5.69 Å². The van der Waals surface area contributed by atoms with Crippen LogP contribution in [0.25, 0.3) is 0 Å². The number of amides is 1. The largest absolute Gasteiger partial charge is 0.481 e. The van der Waals surface area contributed by atoms with Gasteiger partial charge in [-0.15, -0.1) is 0 Å². The maximum atomic E-state index is 11.0. The van der Waals surface area contributed by atoms with Crippen LogP contribution in [0, 0.1) is 0 Å². The molecular weight excluding hydrogens is 232 g/mol. The molecule has 1 aliphatic rings. The molecule has 1 aliphatic heterocycles. The van der Waals surface area contributed by atoms with Crippen LogP contribution in [0.5, 0.6) is 0 Å². The Labute approximate surface area is 105 Å². The van der Waals surface area contributed by atoms with Crippen LogP contribution in [0.3, 0.4) is 0 Å². The number of benzene rings is 1. The van der Waals surface area contributed by atoms with Crippen LogP contribution in [-0.4, -0.2) is 29.6 Å². The Morgan fingerprint density at radius 1 is 1.33 bits per heavy atom. The second-order valence-electron chi connectivity index (χ2n) is 4.50. The maximum absolute atomic E-state index is 11.0. The van der Waals surface area contributed by atoms with E-state index in [2.05, 4.69) is 4.90 Å². The molecule has 0 bridgehead atoms. The topological polar surface area (TPSA) is 83.6 Å². The van der Waals surface area contributed by atoms with Gasteiger partial charge in [0.2, 0.25) is 5.91 Å². The Morgan fingerprint density at radius 2 is 2.00 bits per heavy atom. The van der Waals surface area contributed by atoms with E-state index in [1.807, 2.05) is 12.1 Å². The number of carboxylic acid groups (broad SMARTS) is 1. The fraction of sp³-hybridized carbons (Fsp3) is 0.385. The lowest BCUT2D eigenvalue weighted by Crippen LogP contribution is -2.31. The maximum Gasteiger partial charge on any atom is 0.305 e. The van der Waals surface area contributed by atoms with Crippen LogP contribution >= 0.6 is 0 Å². The third kappa shape index (κ3) is 2.61. The van der Waals surface area contributed by atoms with Crippen LogP contribution in [-0.2, 0) is 4.79 Å². The van der Waals surface area contributed by atoms with Crippen LogP contribution < -0.4 is 10.6 Å². The van der Waals surface area contributed by atoms with Crippen molar-refractivity contribution in [1.82, 2.24) is 0 Å². The van der Waals surface area contributed by atoms with E-state index in [0.29, 0.717) is 5.56 Å². The lowest BCUT2D eigenvalue weighted by molar-refractivity contribution is -0.137. The first-order valence-electron chi connectivity index (χ1n) is 5.96. The van der Waals surface area contributed by atoms with Gasteiger partial charge in [-0.05, 0) is 37.1 Å². The summed E-state index contributed by atoms with van der Waals surface area (Å²) in [7, 11) is 0. The number of carbonyl (C=O) groups excluding carboxylic acids is 1. The van der Waals surface area contributed by atoms with Gasteiger partial charge in [0.05, 0.1) is 6.42 Å². The van der Waals surface area contributed by atoms with E-state index in [9.17, 15) is 9.59 Å². The van der Waals surface area contributed by atoms with Gasteiger partial charge in [0, 0.05) is 23.8 Å². The van der Waals surface area contributed by atoms with Crippen molar-refractivity contribution in [3.63, 3.8) is 0 Å². The number of anilines is 1. The molecular formula is C13H16N2O3. The SMILES string of the molecule is NC(=O)c1ccc(N2CCCC2CC(=O)O)cc1. The number of hydrogen-bond donors (Lipinski definition) is 2. The summed E-state index contributed by atoms with van der Waals surface area (Å²) in [5, 5.41) is 8.87. The van der Waals surface area contributed by atoms with Gasteiger partial charge in [-0.1, -0.05) is 0 Å². The third-order valence-corrected chi connectivity index (χ3v) is 3.27. The Bertz CT molecular complexity index is 456. The standard InChI is InChI=1S/C13H16N2O3/c14-13(18)9-3-5-10(6-4-9)15-7-1-2-11(15)8-12(16)17/h3-6,11H,1-2,7-8H2,(H2,14,18)(H,16,17). The smallest absolute Gasteiger partial charge is 0.305 e. The number of nitrogens with two attached hydrogens (primary N) is 1. The average Bonchev–Trinajstić information content (AvgIpc) is 2.76. The number of carboxylic acids is 1. The monoisotopic (exact) mass is 248 g/mol. The summed E-state index contributed by atoms with van der Waals surface area (Å²) in [5.74, 6) is -1.23. The highest BCUT2D eigenvalue weighted by molar-refractivity contribution is 5.93. The van der Waals surface area contributed by atoms with Crippen molar-refractivity contribution in [3.8, 4) is 0 Å². The third-order valence-electron chi connectivity index (χ3n) is 3.27. The highest BCUT2D eigenvalue weighted by atomic mass is 16.4. The molecule has 1 unspecified atom stereocenters. The van der Waals surface area contributed by atoms with Crippen molar-refractivity contribution in [2.45, 2.75) is 25.3 Å². The molecule has 96 valence electrons. The molecule has 1 atom stereocenters. The van der Waals surface area contributed by atoms with Gasteiger partial charge in [-0.3, -0.25) is 9.59 Å². The molecule has 5 nitrogen and oxygen atoms in total. The van der Waals surface area contributed by atoms with Crippen molar-refractivity contribution in [3.05, 3.63) is 29.8 Å². The normalized spacial score (nSPS) is 18.9. The van der Waals surface area contributed by atoms with E-state index >= 15 is 0 Å². The zero-order valence-electron chi connectivity index (χ0n) is 10.0. The van der Waals surface area contributed by atoms with Crippen molar-refractivity contribution < 1.29 is 14.7 Å². The first-order chi connectivity index (χ1) is 8.58. The minimum atomic E-state index is -0.777. The molecule has 1 fully saturated rings. The fourth-order valence-electron chi connectivity index (χ4n) is 2.41. The predicted octanol–water partition coefficient (Wildman–Crippen LogP) is 1.23. The van der Waals surface area contributed by atoms with Gasteiger partial charge in [0.25, 0.3) is 0 Å². The summed E-state index contributed by atoms with van der Waals surface area (Å²) >= 11 is 0. The first kappa shape index (κ1) is 12.4. The Balaban J connectivity index is 2.14. The zero-order valence-corrected chi connectivity index (χ0v) is 10.0. The van der Waals surface area contributed by atoms with Crippen molar-refractivity contribution in [2.24, 2.45) is 5.73 Å². The summed E-state index contributed by atoms with van der Waals surface area (Å²) in [4.78, 5) is 23.8. The number of hydrogen-bond acceptors (Lipinski definition) is 3. The summed E-state index contributed by atoms with van der Waals surface area (Å²) < 4.78 is 0. The molecule has 0 aliphatic carbocycles. The molecule has 0 saturated carbocycles. The highest BCUT2D eigenvalue weighted by Gasteiger charge is 2.26. The molecule has 3 N–H and O–H groups in total. The quantitative estimate of drug-likeness (QED) is 0.839. The summed E-state index contributed by atoms with van der Waals surface area (Å²) in [6.45, 7) is 0.855. The lowest BCUT2D eigenvalue weighted by Gasteiger charge is -2.25. The molecule has 1 heterocycles. The molecule has 0 spiro atoms. The molecule has 0 aromatic heterocycles. The van der Waals surface area contributed by atoms with Gasteiger partial charge in [0.1, 0.15) is 0 Å². The lowest BCUT2D eigenvalue weighted by atomic mass is 10.1. The molecule has 18 heavy (non-hydrogen) atoms. The molecule has 2 rings (SSSR count). The number of carbonyl (C=O) groups is 2. The molecule has 5 heteroatoms. The van der Waals surface area contributed by atoms with Crippen LogP contribution in [0.15, 0.2) is 24.3 Å². The van der Waals surface area contributed by atoms with Crippen molar-refractivity contribution in [2.75, 3.05) is 11.4 Å². The number of aliphatic carboxylic acids is 1. The first-order valence-corrected chi connectivity index (χ1v) is 5.96. The van der Waals surface area contributed by atoms with Gasteiger partial charge in [-0.2, -0.15) is 0 Å². The molecule has 0 radical (unpaired) electrons. The number of primary amides is 1. The minimum absolute atomic E-state index is 0.0435. The van der Waals surface area contributed by atoms with E-state index in [-0.39, 0.29) is 12.5 Å². The van der Waals surface area contributed by atoms with Gasteiger partial charge in [0.15, 0.2) is 0 Å². The number of nitrogens with zero attached hydrogens (tertiary/aromatic N) is 1. The van der Waals surface area contributed by atoms with Crippen molar-refractivity contribution in [1.29, 1.82) is 0 Å². The average molecular weight is 248 g/mol. The van der Waals surface area contributed by atoms with Crippen LogP contribution in [0.2, 0.25) is 0 Å². The van der Waals surface area contributed by atoms with Crippen molar-refractivity contribution >= 4 is 17.6 Å². The molecule has 1 amide bonds. The molecule has 1 aromatic rings. The Morgan fingerprint density at radius 3 is 2.56 bits per heavy atom. The van der Waals surface area contributed by atoms with E-state index in [0.717, 1.165) is 25.1 Å². The summed E-state index contributed by atoms with van der Waals surface area (Å²) in [6.07, 6.45) is 2.04. The second kappa shape index (κ2) is 5.08. The summed E-state index contributed by atoms with van der Waals surface area (Å²) in [6, 6.07) is 7.03. The van der Waals surface area contributed by atoms with Gasteiger partial charge >= 0.3 is 5.97 Å². The molecule has 1 aromatic carbocycles. The van der Waals surface area contributed by atoms with Gasteiger partial charge < -0.3 is 15.7 Å².